The molecule has 1 aromatic carbocycles. The van der Waals surface area contributed by atoms with Crippen molar-refractivity contribution >= 4 is 5.97 Å². The number of ether oxygens (including phenoxy) is 2. The maximum Gasteiger partial charge on any atom is 0.317 e. The third-order valence-electron chi connectivity index (χ3n) is 5.22. The Kier molecular flexibility index (Phi) is 5.81. The average molecular weight is 348 g/mol. The Morgan fingerprint density at radius 3 is 2.64 bits per heavy atom. The molecular formula is C19H28N2O4. The molecule has 2 saturated carbocycles. The average Bonchev–Trinajstić information content (AvgIpc) is 3.36. The summed E-state index contributed by atoms with van der Waals surface area (Å²) >= 11 is 0. The fourth-order valence-corrected chi connectivity index (χ4v) is 3.55. The van der Waals surface area contributed by atoms with Gasteiger partial charge in [-0.2, -0.15) is 0 Å². The van der Waals surface area contributed by atoms with Crippen LogP contribution in [0.3, 0.4) is 0 Å². The van der Waals surface area contributed by atoms with E-state index in [4.69, 9.17) is 14.6 Å². The van der Waals surface area contributed by atoms with Crippen molar-refractivity contribution < 1.29 is 19.4 Å². The zero-order valence-corrected chi connectivity index (χ0v) is 15.0. The van der Waals surface area contributed by atoms with E-state index in [2.05, 4.69) is 10.2 Å². The first-order chi connectivity index (χ1) is 12.1. The van der Waals surface area contributed by atoms with E-state index in [1.807, 2.05) is 18.2 Å². The topological polar surface area (TPSA) is 71.0 Å². The summed E-state index contributed by atoms with van der Waals surface area (Å²) in [6, 6.07) is 6.71. The smallest absolute Gasteiger partial charge is 0.317 e. The number of hydrogen-bond acceptors (Lipinski definition) is 5. The lowest BCUT2D eigenvalue weighted by molar-refractivity contribution is -0.139. The standard InChI is InChI=1S/C19H28N2O4/c1-24-17-5-3-4-14(19(17)25-2)10-20-15-8-16(9-15)21(12-18(22)23)11-13-6-7-13/h3-5,13,15-16,20H,6-12H2,1-2H3,(H,22,23). The summed E-state index contributed by atoms with van der Waals surface area (Å²) in [7, 11) is 3.30. The quantitative estimate of drug-likeness (QED) is 0.675. The predicted molar refractivity (Wildman–Crippen MR) is 95.1 cm³/mol. The van der Waals surface area contributed by atoms with Crippen LogP contribution in [0.5, 0.6) is 11.5 Å². The molecule has 138 valence electrons. The Balaban J connectivity index is 1.49. The van der Waals surface area contributed by atoms with E-state index < -0.39 is 5.97 Å². The number of aliphatic carboxylic acids is 1. The molecule has 25 heavy (non-hydrogen) atoms. The summed E-state index contributed by atoms with van der Waals surface area (Å²) in [6.07, 6.45) is 4.51. The summed E-state index contributed by atoms with van der Waals surface area (Å²) in [5.74, 6) is 1.51. The van der Waals surface area contributed by atoms with Gasteiger partial charge in [-0.3, -0.25) is 9.69 Å². The Morgan fingerprint density at radius 2 is 2.04 bits per heavy atom. The van der Waals surface area contributed by atoms with Gasteiger partial charge in [0.1, 0.15) is 0 Å². The van der Waals surface area contributed by atoms with Gasteiger partial charge in [-0.25, -0.2) is 0 Å². The van der Waals surface area contributed by atoms with Crippen LogP contribution in [0, 0.1) is 5.92 Å². The molecule has 0 radical (unpaired) electrons. The van der Waals surface area contributed by atoms with E-state index in [0.717, 1.165) is 43.0 Å². The maximum atomic E-state index is 11.1. The van der Waals surface area contributed by atoms with Crippen LogP contribution in [0.2, 0.25) is 0 Å². The Bertz CT molecular complexity index is 597. The Hall–Kier alpha value is -1.79. The predicted octanol–water partition coefficient (Wildman–Crippen LogP) is 2.12. The van der Waals surface area contributed by atoms with Crippen molar-refractivity contribution in [1.82, 2.24) is 10.2 Å². The molecule has 0 heterocycles. The van der Waals surface area contributed by atoms with Crippen molar-refractivity contribution in [1.29, 1.82) is 0 Å². The highest BCUT2D eigenvalue weighted by atomic mass is 16.5. The minimum absolute atomic E-state index is 0.164. The summed E-state index contributed by atoms with van der Waals surface area (Å²) in [4.78, 5) is 13.3. The van der Waals surface area contributed by atoms with Crippen molar-refractivity contribution in [3.63, 3.8) is 0 Å². The maximum absolute atomic E-state index is 11.1. The third kappa shape index (κ3) is 4.64. The van der Waals surface area contributed by atoms with E-state index in [9.17, 15) is 4.79 Å². The number of nitrogens with one attached hydrogen (secondary N) is 1. The molecule has 0 atom stereocenters. The van der Waals surface area contributed by atoms with Crippen LogP contribution < -0.4 is 14.8 Å². The Morgan fingerprint density at radius 1 is 1.28 bits per heavy atom. The highest BCUT2D eigenvalue weighted by Crippen LogP contribution is 2.34. The number of nitrogens with zero attached hydrogens (tertiary/aromatic N) is 1. The number of hydrogen-bond donors (Lipinski definition) is 2. The van der Waals surface area contributed by atoms with E-state index in [1.54, 1.807) is 14.2 Å². The molecule has 0 spiro atoms. The highest BCUT2D eigenvalue weighted by Gasteiger charge is 2.36. The van der Waals surface area contributed by atoms with Gasteiger partial charge in [0.25, 0.3) is 0 Å². The number of carboxylic acid groups (broad SMARTS) is 1. The van der Waals surface area contributed by atoms with E-state index in [0.29, 0.717) is 18.0 Å². The minimum atomic E-state index is -0.724. The number of para-hydroxylation sites is 1. The van der Waals surface area contributed by atoms with Gasteiger partial charge in [0.15, 0.2) is 11.5 Å². The van der Waals surface area contributed by atoms with Crippen LogP contribution in [0.25, 0.3) is 0 Å². The van der Waals surface area contributed by atoms with E-state index in [-0.39, 0.29) is 6.54 Å². The second-order valence-electron chi connectivity index (χ2n) is 7.12. The Labute approximate surface area is 149 Å². The molecular weight excluding hydrogens is 320 g/mol. The third-order valence-corrected chi connectivity index (χ3v) is 5.22. The van der Waals surface area contributed by atoms with Crippen LogP contribution in [-0.2, 0) is 11.3 Å². The molecule has 2 N–H and O–H groups in total. The van der Waals surface area contributed by atoms with Gasteiger partial charge in [0.05, 0.1) is 20.8 Å². The lowest BCUT2D eigenvalue weighted by Crippen LogP contribution is -2.54. The summed E-state index contributed by atoms with van der Waals surface area (Å²) in [5, 5.41) is 12.7. The molecule has 2 fully saturated rings. The lowest BCUT2D eigenvalue weighted by Gasteiger charge is -2.43. The normalized spacial score (nSPS) is 22.5. The molecule has 0 unspecified atom stereocenters. The summed E-state index contributed by atoms with van der Waals surface area (Å²) < 4.78 is 10.8. The largest absolute Gasteiger partial charge is 0.493 e. The van der Waals surface area contributed by atoms with Crippen molar-refractivity contribution in [2.24, 2.45) is 5.92 Å². The van der Waals surface area contributed by atoms with Gasteiger partial charge < -0.3 is 19.9 Å². The first-order valence-corrected chi connectivity index (χ1v) is 8.99. The van der Waals surface area contributed by atoms with Crippen LogP contribution in [0.4, 0.5) is 0 Å². The van der Waals surface area contributed by atoms with Gasteiger partial charge in [-0.05, 0) is 37.7 Å². The lowest BCUT2D eigenvalue weighted by atomic mass is 9.85. The first-order valence-electron chi connectivity index (χ1n) is 8.99. The molecule has 3 rings (SSSR count). The molecule has 0 aliphatic heterocycles. The van der Waals surface area contributed by atoms with Crippen LogP contribution >= 0.6 is 0 Å². The molecule has 1 aromatic rings. The number of rotatable bonds is 10. The molecule has 0 aromatic heterocycles. The summed E-state index contributed by atoms with van der Waals surface area (Å²) in [6.45, 7) is 1.82. The number of carboxylic acids is 1. The molecule has 2 aliphatic rings. The zero-order valence-electron chi connectivity index (χ0n) is 15.0. The minimum Gasteiger partial charge on any atom is -0.493 e. The van der Waals surface area contributed by atoms with Crippen molar-refractivity contribution in [2.45, 2.75) is 44.3 Å². The van der Waals surface area contributed by atoms with Crippen molar-refractivity contribution in [3.8, 4) is 11.5 Å². The van der Waals surface area contributed by atoms with Crippen LogP contribution in [0.1, 0.15) is 31.2 Å². The van der Waals surface area contributed by atoms with E-state index in [1.165, 1.54) is 12.8 Å². The second kappa shape index (κ2) is 8.06. The van der Waals surface area contributed by atoms with Gasteiger partial charge >= 0.3 is 5.97 Å². The summed E-state index contributed by atoms with van der Waals surface area (Å²) in [5.41, 5.74) is 1.07. The SMILES string of the molecule is COc1cccc(CNC2CC(N(CC(=O)O)CC3CC3)C2)c1OC. The van der Waals surface area contributed by atoms with E-state index >= 15 is 0 Å². The molecule has 0 saturated heterocycles. The molecule has 0 amide bonds. The molecule has 6 nitrogen and oxygen atoms in total. The fourth-order valence-electron chi connectivity index (χ4n) is 3.55. The molecule has 2 aliphatic carbocycles. The second-order valence-corrected chi connectivity index (χ2v) is 7.12. The van der Waals surface area contributed by atoms with Gasteiger partial charge in [0, 0.05) is 30.7 Å². The first kappa shape index (κ1) is 18.0. The monoisotopic (exact) mass is 348 g/mol. The molecule has 6 heteroatoms. The van der Waals surface area contributed by atoms with Crippen LogP contribution in [0.15, 0.2) is 18.2 Å². The number of methoxy groups -OCH3 is 2. The zero-order chi connectivity index (χ0) is 17.8. The number of carbonyl (C=O) groups is 1. The fraction of sp³-hybridized carbons (Fsp3) is 0.632. The van der Waals surface area contributed by atoms with Crippen LogP contribution in [-0.4, -0.2) is 55.4 Å². The highest BCUT2D eigenvalue weighted by molar-refractivity contribution is 5.69. The molecule has 0 bridgehead atoms. The van der Waals surface area contributed by atoms with Crippen molar-refractivity contribution in [3.05, 3.63) is 23.8 Å². The van der Waals surface area contributed by atoms with Crippen molar-refractivity contribution in [2.75, 3.05) is 27.3 Å². The van der Waals surface area contributed by atoms with Gasteiger partial charge in [0.2, 0.25) is 0 Å². The van der Waals surface area contributed by atoms with Gasteiger partial charge in [-0.1, -0.05) is 12.1 Å². The number of benzene rings is 1. The van der Waals surface area contributed by atoms with Gasteiger partial charge in [-0.15, -0.1) is 0 Å².